The molecule has 0 radical (unpaired) electrons. The van der Waals surface area contributed by atoms with Gasteiger partial charge >= 0.3 is 0 Å². The van der Waals surface area contributed by atoms with Gasteiger partial charge in [0.1, 0.15) is 24.3 Å². The Kier molecular flexibility index (Phi) is 8.33. The molecule has 3 saturated heterocycles. The fourth-order valence-electron chi connectivity index (χ4n) is 5.74. The van der Waals surface area contributed by atoms with Crippen molar-refractivity contribution >= 4 is 29.1 Å². The topological polar surface area (TPSA) is 94.2 Å². The van der Waals surface area contributed by atoms with Crippen LogP contribution >= 0.6 is 0 Å². The van der Waals surface area contributed by atoms with Crippen molar-refractivity contribution in [3.05, 3.63) is 23.8 Å². The number of hydrogen-bond donors (Lipinski definition) is 2. The van der Waals surface area contributed by atoms with E-state index in [-0.39, 0.29) is 48.2 Å². The lowest BCUT2D eigenvalue weighted by molar-refractivity contribution is -0.137. The fourth-order valence-corrected chi connectivity index (χ4v) is 5.74. The van der Waals surface area contributed by atoms with Crippen LogP contribution < -0.4 is 15.5 Å². The predicted molar refractivity (Wildman–Crippen MR) is 135 cm³/mol. The third-order valence-electron chi connectivity index (χ3n) is 8.16. The first kappa shape index (κ1) is 27.3. The smallest absolute Gasteiger partial charge is 0.249 e. The van der Waals surface area contributed by atoms with Crippen LogP contribution in [0.1, 0.15) is 39.5 Å². The van der Waals surface area contributed by atoms with Crippen LogP contribution in [0.5, 0.6) is 0 Å². The minimum absolute atomic E-state index is 0.0277. The van der Waals surface area contributed by atoms with Gasteiger partial charge in [-0.1, -0.05) is 0 Å². The lowest BCUT2D eigenvalue weighted by Crippen LogP contribution is -2.59. The van der Waals surface area contributed by atoms with Crippen LogP contribution in [0.25, 0.3) is 0 Å². The summed E-state index contributed by atoms with van der Waals surface area (Å²) in [6.07, 6.45) is 2.22. The molecule has 0 aromatic heterocycles. The van der Waals surface area contributed by atoms with Gasteiger partial charge in [-0.2, -0.15) is 0 Å². The Labute approximate surface area is 216 Å². The molecule has 11 heteroatoms. The number of ether oxygens (including phenoxy) is 1. The number of imide groups is 1. The number of amides is 3. The van der Waals surface area contributed by atoms with Gasteiger partial charge in [0.05, 0.1) is 11.4 Å². The predicted octanol–water partition coefficient (Wildman–Crippen LogP) is 1.97. The standard InChI is InChI=1S/C26H37F2N5O4/c1-26(2,17-6-8-32(9-7-17)24(35)16-37-3)33-12-10-31(11-13-33)22-15-18(27)21(14-19(22)28)29-20-4-5-23(34)30-25(20)36/h14-15,17,20,29H,4-13,16H2,1-3H3,(H,30,34,36). The van der Waals surface area contributed by atoms with E-state index in [9.17, 15) is 18.8 Å². The summed E-state index contributed by atoms with van der Waals surface area (Å²) in [6.45, 7) is 8.57. The van der Waals surface area contributed by atoms with Gasteiger partial charge in [0.25, 0.3) is 0 Å². The van der Waals surface area contributed by atoms with E-state index in [1.165, 1.54) is 13.2 Å². The monoisotopic (exact) mass is 521 g/mol. The number of anilines is 2. The summed E-state index contributed by atoms with van der Waals surface area (Å²) in [5.74, 6) is -1.64. The second kappa shape index (κ2) is 11.3. The van der Waals surface area contributed by atoms with E-state index in [0.717, 1.165) is 32.0 Å². The third kappa shape index (κ3) is 6.04. The highest BCUT2D eigenvalue weighted by molar-refractivity contribution is 6.01. The highest BCUT2D eigenvalue weighted by atomic mass is 19.1. The van der Waals surface area contributed by atoms with Gasteiger partial charge in [0.2, 0.25) is 17.7 Å². The summed E-state index contributed by atoms with van der Waals surface area (Å²) in [7, 11) is 1.53. The number of benzene rings is 1. The minimum atomic E-state index is -0.784. The number of carbonyl (C=O) groups excluding carboxylic acids is 3. The Balaban J connectivity index is 1.34. The van der Waals surface area contributed by atoms with Crippen LogP contribution in [0.3, 0.4) is 0 Å². The molecule has 3 aliphatic heterocycles. The van der Waals surface area contributed by atoms with Gasteiger partial charge < -0.3 is 19.9 Å². The Hall–Kier alpha value is -2.79. The Morgan fingerprint density at radius 3 is 2.35 bits per heavy atom. The lowest BCUT2D eigenvalue weighted by Gasteiger charge is -2.50. The molecule has 4 rings (SSSR count). The lowest BCUT2D eigenvalue weighted by atomic mass is 9.78. The zero-order valence-corrected chi connectivity index (χ0v) is 21.8. The Morgan fingerprint density at radius 2 is 1.73 bits per heavy atom. The van der Waals surface area contributed by atoms with Crippen LogP contribution in [0, 0.1) is 17.6 Å². The van der Waals surface area contributed by atoms with Crippen molar-refractivity contribution < 1.29 is 27.9 Å². The number of nitrogens with zero attached hydrogens (tertiary/aromatic N) is 3. The number of piperazine rings is 1. The highest BCUT2D eigenvalue weighted by Gasteiger charge is 2.39. The molecule has 3 fully saturated rings. The van der Waals surface area contributed by atoms with Crippen molar-refractivity contribution in [3.8, 4) is 0 Å². The summed E-state index contributed by atoms with van der Waals surface area (Å²) in [5, 5.41) is 4.94. The molecule has 0 aliphatic carbocycles. The molecule has 3 heterocycles. The number of rotatable bonds is 7. The van der Waals surface area contributed by atoms with Crippen molar-refractivity contribution in [2.24, 2.45) is 5.92 Å². The summed E-state index contributed by atoms with van der Waals surface area (Å²) < 4.78 is 34.9. The molecule has 9 nitrogen and oxygen atoms in total. The molecule has 1 aromatic carbocycles. The number of hydrogen-bond acceptors (Lipinski definition) is 7. The highest BCUT2D eigenvalue weighted by Crippen LogP contribution is 2.35. The Morgan fingerprint density at radius 1 is 1.05 bits per heavy atom. The van der Waals surface area contributed by atoms with Crippen molar-refractivity contribution in [1.29, 1.82) is 0 Å². The van der Waals surface area contributed by atoms with Gasteiger partial charge in [-0.25, -0.2) is 8.78 Å². The second-order valence-corrected chi connectivity index (χ2v) is 10.6. The summed E-state index contributed by atoms with van der Waals surface area (Å²) in [4.78, 5) is 41.5. The number of piperidine rings is 2. The SMILES string of the molecule is COCC(=O)N1CCC(C(C)(C)N2CCN(c3cc(F)c(NC4CCC(=O)NC4=O)cc3F)CC2)CC1. The maximum absolute atomic E-state index is 15.0. The molecule has 1 atom stereocenters. The largest absolute Gasteiger partial charge is 0.375 e. The Bertz CT molecular complexity index is 1020. The number of likely N-dealkylation sites (tertiary alicyclic amines) is 1. The van der Waals surface area contributed by atoms with Crippen LogP contribution in [0.2, 0.25) is 0 Å². The quantitative estimate of drug-likeness (QED) is 0.530. The van der Waals surface area contributed by atoms with E-state index in [1.807, 2.05) is 9.80 Å². The van der Waals surface area contributed by atoms with Crippen LogP contribution in [-0.2, 0) is 19.1 Å². The van der Waals surface area contributed by atoms with Gasteiger partial charge in [-0.3, -0.25) is 24.6 Å². The molecule has 204 valence electrons. The van der Waals surface area contributed by atoms with Crippen LogP contribution in [0.4, 0.5) is 20.2 Å². The molecule has 1 unspecified atom stereocenters. The summed E-state index contributed by atoms with van der Waals surface area (Å²) in [5.41, 5.74) is 0.0294. The molecule has 37 heavy (non-hydrogen) atoms. The second-order valence-electron chi connectivity index (χ2n) is 10.6. The maximum Gasteiger partial charge on any atom is 0.249 e. The molecular formula is C26H37F2N5O4. The van der Waals surface area contributed by atoms with E-state index in [4.69, 9.17) is 4.74 Å². The molecule has 3 aliphatic rings. The maximum atomic E-state index is 15.0. The van der Waals surface area contributed by atoms with Gasteiger partial charge in [-0.05, 0) is 39.0 Å². The van der Waals surface area contributed by atoms with Crippen LogP contribution in [-0.4, -0.2) is 92.1 Å². The van der Waals surface area contributed by atoms with E-state index in [0.29, 0.717) is 32.1 Å². The van der Waals surface area contributed by atoms with Gasteiger partial charge in [0, 0.05) is 70.5 Å². The zero-order chi connectivity index (χ0) is 26.7. The number of halogens is 2. The van der Waals surface area contributed by atoms with Gasteiger partial charge in [-0.15, -0.1) is 0 Å². The van der Waals surface area contributed by atoms with E-state index in [2.05, 4.69) is 29.4 Å². The summed E-state index contributed by atoms with van der Waals surface area (Å²) in [6, 6.07) is 1.48. The molecule has 2 N–H and O–H groups in total. The fraction of sp³-hybridized carbons (Fsp3) is 0.654. The molecule has 3 amide bonds. The number of nitrogens with one attached hydrogen (secondary N) is 2. The normalized spacial score (nSPS) is 22.2. The van der Waals surface area contributed by atoms with Crippen molar-refractivity contribution in [1.82, 2.24) is 15.1 Å². The van der Waals surface area contributed by atoms with Crippen molar-refractivity contribution in [2.45, 2.75) is 51.1 Å². The van der Waals surface area contributed by atoms with Crippen LogP contribution in [0.15, 0.2) is 12.1 Å². The number of carbonyl (C=O) groups is 3. The summed E-state index contributed by atoms with van der Waals surface area (Å²) >= 11 is 0. The van der Waals surface area contributed by atoms with E-state index in [1.54, 1.807) is 0 Å². The molecule has 0 saturated carbocycles. The van der Waals surface area contributed by atoms with Gasteiger partial charge in [0.15, 0.2) is 0 Å². The molecular weight excluding hydrogens is 484 g/mol. The van der Waals surface area contributed by atoms with E-state index < -0.39 is 23.6 Å². The van der Waals surface area contributed by atoms with E-state index >= 15 is 4.39 Å². The molecule has 1 aromatic rings. The molecule has 0 bridgehead atoms. The van der Waals surface area contributed by atoms with Crippen molar-refractivity contribution in [2.75, 3.05) is 63.2 Å². The minimum Gasteiger partial charge on any atom is -0.375 e. The third-order valence-corrected chi connectivity index (χ3v) is 8.16. The average Bonchev–Trinajstić information content (AvgIpc) is 2.88. The number of methoxy groups -OCH3 is 1. The molecule has 0 spiro atoms. The van der Waals surface area contributed by atoms with Crippen molar-refractivity contribution in [3.63, 3.8) is 0 Å². The first-order valence-corrected chi connectivity index (χ1v) is 13.0. The first-order valence-electron chi connectivity index (χ1n) is 13.0. The first-order chi connectivity index (χ1) is 17.6. The zero-order valence-electron chi connectivity index (χ0n) is 21.8. The average molecular weight is 522 g/mol.